The first-order chi connectivity index (χ1) is 10.8. The molecule has 0 atom stereocenters. The van der Waals surface area contributed by atoms with Crippen molar-refractivity contribution in [3.8, 4) is 0 Å². The first kappa shape index (κ1) is 16.0. The zero-order valence-electron chi connectivity index (χ0n) is 11.8. The maximum Gasteiger partial charge on any atom is 0.289 e. The van der Waals surface area contributed by atoms with Gasteiger partial charge in [-0.2, -0.15) is 0 Å². The number of primary sulfonamides is 1. The van der Waals surface area contributed by atoms with Gasteiger partial charge in [-0.25, -0.2) is 13.6 Å². The number of nitrogens with zero attached hydrogens (tertiary/aromatic N) is 2. The number of rotatable bonds is 3. The molecule has 8 nitrogen and oxygen atoms in total. The monoisotopic (exact) mass is 355 g/mol. The molecule has 10 heteroatoms. The van der Waals surface area contributed by atoms with Gasteiger partial charge in [0.1, 0.15) is 0 Å². The summed E-state index contributed by atoms with van der Waals surface area (Å²) in [6.07, 6.45) is 0. The van der Waals surface area contributed by atoms with E-state index in [2.05, 4.69) is 0 Å². The molecule has 2 heterocycles. The van der Waals surface area contributed by atoms with E-state index in [0.717, 1.165) is 11.8 Å². The highest BCUT2D eigenvalue weighted by Crippen LogP contribution is 2.27. The maximum atomic E-state index is 12.3. The Bertz CT molecular complexity index is 768. The van der Waals surface area contributed by atoms with Gasteiger partial charge in [0.05, 0.1) is 16.7 Å². The Balaban J connectivity index is 1.65. The maximum absolute atomic E-state index is 12.3. The zero-order valence-corrected chi connectivity index (χ0v) is 13.5. The van der Waals surface area contributed by atoms with E-state index in [1.165, 1.54) is 34.1 Å². The summed E-state index contributed by atoms with van der Waals surface area (Å²) in [6.45, 7) is 0.571. The molecular weight excluding hydrogens is 342 g/mol. The predicted octanol–water partition coefficient (Wildman–Crippen LogP) is -0.146. The van der Waals surface area contributed by atoms with Crippen molar-refractivity contribution in [3.63, 3.8) is 0 Å². The zero-order chi connectivity index (χ0) is 16.8. The van der Waals surface area contributed by atoms with Crippen molar-refractivity contribution >= 4 is 38.8 Å². The minimum Gasteiger partial charge on any atom is -0.334 e. The van der Waals surface area contributed by atoms with Crippen LogP contribution in [0.25, 0.3) is 0 Å². The minimum atomic E-state index is -3.80. The van der Waals surface area contributed by atoms with Crippen molar-refractivity contribution < 1.29 is 22.8 Å². The molecule has 0 aliphatic carbocycles. The predicted molar refractivity (Wildman–Crippen MR) is 82.2 cm³/mol. The van der Waals surface area contributed by atoms with Gasteiger partial charge in [-0.3, -0.25) is 19.3 Å². The molecule has 2 fully saturated rings. The number of hydrogen-bond acceptors (Lipinski definition) is 6. The topological polar surface area (TPSA) is 118 Å². The Morgan fingerprint density at radius 2 is 1.78 bits per heavy atom. The van der Waals surface area contributed by atoms with Crippen molar-refractivity contribution in [2.45, 2.75) is 10.9 Å². The van der Waals surface area contributed by atoms with Gasteiger partial charge in [0.15, 0.2) is 0 Å². The number of carbonyl (C=O) groups excluding carboxylic acids is 3. The summed E-state index contributed by atoms with van der Waals surface area (Å²) in [5.41, 5.74) is 0.323. The molecule has 23 heavy (non-hydrogen) atoms. The lowest BCUT2D eigenvalue weighted by atomic mass is 10.1. The number of amides is 3. The van der Waals surface area contributed by atoms with Crippen LogP contribution in [-0.2, 0) is 14.8 Å². The van der Waals surface area contributed by atoms with Crippen LogP contribution in [0.1, 0.15) is 10.4 Å². The number of carbonyl (C=O) groups is 3. The summed E-state index contributed by atoms with van der Waals surface area (Å²) >= 11 is 0.966. The molecule has 2 saturated heterocycles. The Morgan fingerprint density at radius 3 is 2.26 bits per heavy atom. The summed E-state index contributed by atoms with van der Waals surface area (Å²) in [6, 6.07) is 5.03. The molecule has 1 aromatic carbocycles. The molecular formula is C13H13N3O5S2. The number of nitrogens with two attached hydrogens (primary N) is 1. The molecule has 0 radical (unpaired) electrons. The van der Waals surface area contributed by atoms with Crippen molar-refractivity contribution in [3.05, 3.63) is 29.8 Å². The van der Waals surface area contributed by atoms with Gasteiger partial charge < -0.3 is 4.90 Å². The highest BCUT2D eigenvalue weighted by Gasteiger charge is 2.43. The van der Waals surface area contributed by atoms with Gasteiger partial charge in [-0.1, -0.05) is 11.8 Å². The SMILES string of the molecule is NS(=O)(=O)c1ccc(C(=O)N2CC(N3C(=O)CSC3=O)C2)cc1. The highest BCUT2D eigenvalue weighted by atomic mass is 32.2. The van der Waals surface area contributed by atoms with E-state index in [9.17, 15) is 22.8 Å². The van der Waals surface area contributed by atoms with Crippen molar-refractivity contribution in [2.75, 3.05) is 18.8 Å². The average Bonchev–Trinajstić information content (AvgIpc) is 2.77. The molecule has 122 valence electrons. The number of hydrogen-bond donors (Lipinski definition) is 1. The average molecular weight is 355 g/mol. The van der Waals surface area contributed by atoms with Crippen LogP contribution in [0, 0.1) is 0 Å². The molecule has 2 aliphatic heterocycles. The number of benzene rings is 1. The number of thioether (sulfide) groups is 1. The van der Waals surface area contributed by atoms with Gasteiger partial charge in [0, 0.05) is 18.7 Å². The lowest BCUT2D eigenvalue weighted by Gasteiger charge is -2.42. The molecule has 1 aromatic rings. The third kappa shape index (κ3) is 2.96. The Hall–Kier alpha value is -1.91. The van der Waals surface area contributed by atoms with Crippen LogP contribution < -0.4 is 5.14 Å². The largest absolute Gasteiger partial charge is 0.334 e. The van der Waals surface area contributed by atoms with Crippen molar-refractivity contribution in [1.29, 1.82) is 0 Å². The summed E-state index contributed by atoms with van der Waals surface area (Å²) in [4.78, 5) is 38.1. The number of likely N-dealkylation sites (tertiary alicyclic amines) is 1. The number of sulfonamides is 1. The van der Waals surface area contributed by atoms with Crippen molar-refractivity contribution in [1.82, 2.24) is 9.80 Å². The molecule has 2 aliphatic rings. The standard InChI is InChI=1S/C13H13N3O5S2/c14-23(20,21)10-3-1-8(2-4-10)12(18)15-5-9(6-15)16-11(17)7-22-13(16)19/h1-4,9H,5-7H2,(H2,14,20,21). The smallest absolute Gasteiger partial charge is 0.289 e. The summed E-state index contributed by atoms with van der Waals surface area (Å²) in [5.74, 6) is -0.359. The Labute approximate surface area is 136 Å². The van der Waals surface area contributed by atoms with E-state index in [-0.39, 0.29) is 46.8 Å². The molecule has 0 spiro atoms. The van der Waals surface area contributed by atoms with Crippen LogP contribution in [0.2, 0.25) is 0 Å². The second-order valence-electron chi connectivity index (χ2n) is 5.25. The van der Waals surface area contributed by atoms with Gasteiger partial charge >= 0.3 is 0 Å². The summed E-state index contributed by atoms with van der Waals surface area (Å²) in [5, 5.41) is 4.73. The lowest BCUT2D eigenvalue weighted by Crippen LogP contribution is -2.62. The van der Waals surface area contributed by atoms with Crippen LogP contribution in [0.5, 0.6) is 0 Å². The fourth-order valence-electron chi connectivity index (χ4n) is 2.47. The van der Waals surface area contributed by atoms with Gasteiger partial charge in [-0.15, -0.1) is 0 Å². The molecule has 0 bridgehead atoms. The first-order valence-corrected chi connectivity index (χ1v) is 9.21. The molecule has 0 saturated carbocycles. The van der Waals surface area contributed by atoms with Crippen molar-refractivity contribution in [2.24, 2.45) is 5.14 Å². The Morgan fingerprint density at radius 1 is 1.17 bits per heavy atom. The molecule has 3 rings (SSSR count). The van der Waals surface area contributed by atoms with Crippen LogP contribution in [0.4, 0.5) is 4.79 Å². The van der Waals surface area contributed by atoms with Gasteiger partial charge in [0.2, 0.25) is 15.9 Å². The lowest BCUT2D eigenvalue weighted by molar-refractivity contribution is -0.128. The third-order valence-corrected chi connectivity index (χ3v) is 5.49. The minimum absolute atomic E-state index is 0.0687. The summed E-state index contributed by atoms with van der Waals surface area (Å²) < 4.78 is 22.4. The number of imide groups is 1. The second-order valence-corrected chi connectivity index (χ2v) is 7.74. The fourth-order valence-corrected chi connectivity index (χ4v) is 3.76. The van der Waals surface area contributed by atoms with E-state index in [1.54, 1.807) is 0 Å². The van der Waals surface area contributed by atoms with Crippen LogP contribution >= 0.6 is 11.8 Å². The van der Waals surface area contributed by atoms with E-state index in [4.69, 9.17) is 5.14 Å². The second kappa shape index (κ2) is 5.62. The van der Waals surface area contributed by atoms with E-state index >= 15 is 0 Å². The van der Waals surface area contributed by atoms with Crippen LogP contribution in [0.3, 0.4) is 0 Å². The molecule has 2 N–H and O–H groups in total. The quantitative estimate of drug-likeness (QED) is 0.806. The summed E-state index contributed by atoms with van der Waals surface area (Å²) in [7, 11) is -3.80. The fraction of sp³-hybridized carbons (Fsp3) is 0.308. The highest BCUT2D eigenvalue weighted by molar-refractivity contribution is 8.14. The van der Waals surface area contributed by atoms with Crippen LogP contribution in [-0.4, -0.2) is 60.2 Å². The van der Waals surface area contributed by atoms with Crippen LogP contribution in [0.15, 0.2) is 29.2 Å². The van der Waals surface area contributed by atoms with Gasteiger partial charge in [-0.05, 0) is 24.3 Å². The third-order valence-electron chi connectivity index (χ3n) is 3.73. The Kier molecular flexibility index (Phi) is 3.90. The molecule has 0 unspecified atom stereocenters. The normalized spacial score (nSPS) is 19.2. The molecule has 0 aromatic heterocycles. The first-order valence-electron chi connectivity index (χ1n) is 6.68. The van der Waals surface area contributed by atoms with Gasteiger partial charge in [0.25, 0.3) is 11.1 Å². The van der Waals surface area contributed by atoms with E-state index in [0.29, 0.717) is 5.56 Å². The van der Waals surface area contributed by atoms with E-state index in [1.807, 2.05) is 0 Å². The molecule has 3 amide bonds. The van der Waals surface area contributed by atoms with E-state index < -0.39 is 10.0 Å².